The molecule has 3 unspecified atom stereocenters. The summed E-state index contributed by atoms with van der Waals surface area (Å²) in [7, 11) is 0. The first kappa shape index (κ1) is 16.3. The van der Waals surface area contributed by atoms with Gasteiger partial charge in [0, 0.05) is 6.04 Å². The van der Waals surface area contributed by atoms with E-state index in [1.54, 1.807) is 13.0 Å². The molecule has 1 saturated heterocycles. The minimum atomic E-state index is -0.405. The Bertz CT molecular complexity index is 498. The van der Waals surface area contributed by atoms with Gasteiger partial charge in [0.05, 0.1) is 12.1 Å². The lowest BCUT2D eigenvalue weighted by Crippen LogP contribution is -2.40. The van der Waals surface area contributed by atoms with E-state index >= 15 is 0 Å². The Morgan fingerprint density at radius 2 is 2.05 bits per heavy atom. The largest absolute Gasteiger partial charge is 0.391 e. The number of aliphatic hydroxyl groups excluding tert-OH is 1. The molecule has 122 valence electrons. The Kier molecular flexibility index (Phi) is 5.42. The predicted molar refractivity (Wildman–Crippen MR) is 90.7 cm³/mol. The fraction of sp³-hybridized carbons (Fsp3) is 0.667. The van der Waals surface area contributed by atoms with Crippen LogP contribution >= 0.6 is 11.8 Å². The molecule has 4 heteroatoms. The third kappa shape index (κ3) is 4.03. The molecule has 2 nitrogen and oxygen atoms in total. The van der Waals surface area contributed by atoms with Crippen LogP contribution in [0.2, 0.25) is 0 Å². The van der Waals surface area contributed by atoms with Gasteiger partial charge in [-0.3, -0.25) is 0 Å². The third-order valence-corrected chi connectivity index (χ3v) is 5.97. The van der Waals surface area contributed by atoms with Crippen molar-refractivity contribution in [2.45, 2.75) is 57.2 Å². The minimum Gasteiger partial charge on any atom is -0.391 e. The summed E-state index contributed by atoms with van der Waals surface area (Å²) >= 11 is 2.01. The van der Waals surface area contributed by atoms with Crippen LogP contribution in [0.1, 0.15) is 49.3 Å². The molecule has 1 heterocycles. The summed E-state index contributed by atoms with van der Waals surface area (Å²) in [5.74, 6) is 2.60. The SMILES string of the molecule is Cc1ccc(C(NC2CCCSCC2)C(O)C2CC2)cc1F. The molecule has 1 aromatic carbocycles. The van der Waals surface area contributed by atoms with Crippen molar-refractivity contribution in [1.82, 2.24) is 5.32 Å². The molecule has 0 radical (unpaired) electrons. The summed E-state index contributed by atoms with van der Waals surface area (Å²) in [6.07, 6.45) is 5.28. The molecule has 22 heavy (non-hydrogen) atoms. The lowest BCUT2D eigenvalue weighted by atomic mass is 9.95. The van der Waals surface area contributed by atoms with Crippen molar-refractivity contribution in [3.05, 3.63) is 35.1 Å². The third-order valence-electron chi connectivity index (χ3n) is 4.87. The molecule has 1 aromatic rings. The van der Waals surface area contributed by atoms with E-state index in [0.717, 1.165) is 31.2 Å². The fourth-order valence-corrected chi connectivity index (χ4v) is 4.25. The first-order valence-electron chi connectivity index (χ1n) is 8.43. The van der Waals surface area contributed by atoms with Crippen LogP contribution in [0.5, 0.6) is 0 Å². The van der Waals surface area contributed by atoms with Crippen LogP contribution in [-0.4, -0.2) is 28.8 Å². The Labute approximate surface area is 136 Å². The van der Waals surface area contributed by atoms with Crippen LogP contribution in [0.15, 0.2) is 18.2 Å². The number of nitrogens with one attached hydrogen (secondary N) is 1. The molecular weight excluding hydrogens is 297 g/mol. The number of hydrogen-bond donors (Lipinski definition) is 2. The lowest BCUT2D eigenvalue weighted by Gasteiger charge is -2.29. The first-order chi connectivity index (χ1) is 10.6. The normalized spacial score (nSPS) is 25.5. The number of aliphatic hydroxyl groups is 1. The summed E-state index contributed by atoms with van der Waals surface area (Å²) in [5.41, 5.74) is 1.55. The highest BCUT2D eigenvalue weighted by molar-refractivity contribution is 7.99. The van der Waals surface area contributed by atoms with Crippen molar-refractivity contribution in [1.29, 1.82) is 0 Å². The van der Waals surface area contributed by atoms with Crippen molar-refractivity contribution in [3.63, 3.8) is 0 Å². The number of thioether (sulfide) groups is 1. The van der Waals surface area contributed by atoms with Crippen molar-refractivity contribution in [3.8, 4) is 0 Å². The van der Waals surface area contributed by atoms with Gasteiger partial charge in [0.15, 0.2) is 0 Å². The summed E-state index contributed by atoms with van der Waals surface area (Å²) in [6, 6.07) is 5.67. The van der Waals surface area contributed by atoms with Gasteiger partial charge in [-0.2, -0.15) is 11.8 Å². The van der Waals surface area contributed by atoms with Crippen molar-refractivity contribution in [2.24, 2.45) is 5.92 Å². The van der Waals surface area contributed by atoms with Gasteiger partial charge in [0.1, 0.15) is 5.82 Å². The van der Waals surface area contributed by atoms with Gasteiger partial charge < -0.3 is 10.4 Å². The van der Waals surface area contributed by atoms with Crippen LogP contribution in [0.3, 0.4) is 0 Å². The monoisotopic (exact) mass is 323 g/mol. The summed E-state index contributed by atoms with van der Waals surface area (Å²) < 4.78 is 14.0. The quantitative estimate of drug-likeness (QED) is 0.864. The zero-order chi connectivity index (χ0) is 15.5. The molecule has 2 fully saturated rings. The topological polar surface area (TPSA) is 32.3 Å². The van der Waals surface area contributed by atoms with Crippen LogP contribution < -0.4 is 5.32 Å². The number of aryl methyl sites for hydroxylation is 1. The maximum absolute atomic E-state index is 14.0. The molecule has 0 aromatic heterocycles. The molecule has 2 aliphatic rings. The molecule has 1 aliphatic heterocycles. The van der Waals surface area contributed by atoms with E-state index in [0.29, 0.717) is 17.5 Å². The van der Waals surface area contributed by atoms with Crippen LogP contribution in [0.25, 0.3) is 0 Å². The second kappa shape index (κ2) is 7.33. The molecule has 0 bridgehead atoms. The molecule has 3 atom stereocenters. The smallest absolute Gasteiger partial charge is 0.126 e. The van der Waals surface area contributed by atoms with E-state index in [2.05, 4.69) is 5.32 Å². The van der Waals surface area contributed by atoms with Crippen molar-refractivity contribution < 1.29 is 9.50 Å². The number of halogens is 1. The van der Waals surface area contributed by atoms with Gasteiger partial charge in [0.2, 0.25) is 0 Å². The highest BCUT2D eigenvalue weighted by Crippen LogP contribution is 2.39. The molecule has 2 N–H and O–H groups in total. The number of hydrogen-bond acceptors (Lipinski definition) is 3. The van der Waals surface area contributed by atoms with E-state index < -0.39 is 6.10 Å². The second-order valence-corrected chi connectivity index (χ2v) is 7.95. The standard InChI is InChI=1S/C18H26FNOS/c1-12-4-5-14(11-16(12)19)17(18(21)13-6-7-13)20-15-3-2-9-22-10-8-15/h4-5,11,13,15,17-18,20-21H,2-3,6-10H2,1H3. The fourth-order valence-electron chi connectivity index (χ4n) is 3.23. The van der Waals surface area contributed by atoms with E-state index in [1.807, 2.05) is 23.9 Å². The molecule has 1 aliphatic carbocycles. The van der Waals surface area contributed by atoms with E-state index in [1.165, 1.54) is 17.9 Å². The Balaban J connectivity index is 1.77. The van der Waals surface area contributed by atoms with Gasteiger partial charge in [-0.1, -0.05) is 12.1 Å². The maximum Gasteiger partial charge on any atom is 0.126 e. The van der Waals surface area contributed by atoms with E-state index in [9.17, 15) is 9.50 Å². The van der Waals surface area contributed by atoms with Gasteiger partial charge in [-0.15, -0.1) is 0 Å². The highest BCUT2D eigenvalue weighted by Gasteiger charge is 2.37. The molecule has 1 saturated carbocycles. The molecule has 3 rings (SSSR count). The van der Waals surface area contributed by atoms with Crippen LogP contribution in [-0.2, 0) is 0 Å². The molecule has 0 spiro atoms. The number of benzene rings is 1. The molecule has 0 amide bonds. The van der Waals surface area contributed by atoms with Gasteiger partial charge >= 0.3 is 0 Å². The second-order valence-electron chi connectivity index (χ2n) is 6.72. The summed E-state index contributed by atoms with van der Waals surface area (Å²) in [4.78, 5) is 0. The maximum atomic E-state index is 14.0. The van der Waals surface area contributed by atoms with E-state index in [4.69, 9.17) is 0 Å². The summed E-state index contributed by atoms with van der Waals surface area (Å²) in [6.45, 7) is 1.78. The van der Waals surface area contributed by atoms with Gasteiger partial charge in [-0.25, -0.2) is 4.39 Å². The Morgan fingerprint density at radius 3 is 2.77 bits per heavy atom. The number of rotatable bonds is 5. The predicted octanol–water partition coefficient (Wildman–Crippen LogP) is 3.82. The molecular formula is C18H26FNOS. The van der Waals surface area contributed by atoms with Gasteiger partial charge in [0.25, 0.3) is 0 Å². The van der Waals surface area contributed by atoms with Crippen molar-refractivity contribution >= 4 is 11.8 Å². The minimum absolute atomic E-state index is 0.143. The van der Waals surface area contributed by atoms with Gasteiger partial charge in [-0.05, 0) is 73.6 Å². The zero-order valence-electron chi connectivity index (χ0n) is 13.2. The summed E-state index contributed by atoms with van der Waals surface area (Å²) in [5, 5.41) is 14.3. The van der Waals surface area contributed by atoms with Crippen LogP contribution in [0.4, 0.5) is 4.39 Å². The Morgan fingerprint density at radius 1 is 1.23 bits per heavy atom. The Hall–Kier alpha value is -0.580. The van der Waals surface area contributed by atoms with Crippen molar-refractivity contribution in [2.75, 3.05) is 11.5 Å². The average Bonchev–Trinajstić information content (AvgIpc) is 3.34. The first-order valence-corrected chi connectivity index (χ1v) is 9.58. The highest BCUT2D eigenvalue weighted by atomic mass is 32.2. The lowest BCUT2D eigenvalue weighted by molar-refractivity contribution is 0.0983. The van der Waals surface area contributed by atoms with E-state index in [-0.39, 0.29) is 11.9 Å². The average molecular weight is 323 g/mol. The van der Waals surface area contributed by atoms with Crippen LogP contribution in [0, 0.1) is 18.7 Å². The zero-order valence-corrected chi connectivity index (χ0v) is 14.0.